The molecule has 0 radical (unpaired) electrons. The van der Waals surface area contributed by atoms with Gasteiger partial charge in [-0.3, -0.25) is 4.98 Å². The molecule has 3 aromatic rings. The number of pyridine rings is 1. The molecule has 2 unspecified atom stereocenters. The normalized spacial score (nSPS) is 13.0. The lowest BCUT2D eigenvalue weighted by Crippen LogP contribution is -2.49. The number of benzene rings is 1. The minimum absolute atomic E-state index is 0.0470. The topological polar surface area (TPSA) is 146 Å². The first kappa shape index (κ1) is 26.9. The van der Waals surface area contributed by atoms with Crippen molar-refractivity contribution >= 4 is 27.6 Å². The van der Waals surface area contributed by atoms with Crippen molar-refractivity contribution in [2.24, 2.45) is 5.73 Å². The van der Waals surface area contributed by atoms with Crippen LogP contribution in [0.15, 0.2) is 60.3 Å². The van der Waals surface area contributed by atoms with Gasteiger partial charge in [-0.15, -0.1) is 6.58 Å². The lowest BCUT2D eigenvalue weighted by molar-refractivity contribution is 0.472. The van der Waals surface area contributed by atoms with E-state index in [2.05, 4.69) is 32.2 Å². The van der Waals surface area contributed by atoms with E-state index < -0.39 is 22.1 Å². The van der Waals surface area contributed by atoms with Crippen molar-refractivity contribution in [3.05, 3.63) is 72.1 Å². The van der Waals surface area contributed by atoms with Crippen molar-refractivity contribution in [1.29, 1.82) is 0 Å². The Hall–Kier alpha value is -3.70. The fourth-order valence-corrected chi connectivity index (χ4v) is 5.38. The van der Waals surface area contributed by atoms with Gasteiger partial charge in [0.15, 0.2) is 5.82 Å². The van der Waals surface area contributed by atoms with Crippen LogP contribution in [0.2, 0.25) is 0 Å². The van der Waals surface area contributed by atoms with Crippen LogP contribution in [0.5, 0.6) is 5.75 Å². The van der Waals surface area contributed by atoms with Crippen LogP contribution < -0.4 is 20.7 Å². The van der Waals surface area contributed by atoms with Gasteiger partial charge in [-0.05, 0) is 51.0 Å². The molecule has 0 amide bonds. The van der Waals surface area contributed by atoms with Crippen molar-refractivity contribution in [3.63, 3.8) is 0 Å². The zero-order chi connectivity index (χ0) is 26.5. The van der Waals surface area contributed by atoms with Crippen LogP contribution in [-0.4, -0.2) is 47.6 Å². The van der Waals surface area contributed by atoms with E-state index in [1.807, 2.05) is 6.92 Å². The van der Waals surface area contributed by atoms with E-state index in [9.17, 15) is 13.5 Å². The van der Waals surface area contributed by atoms with Crippen molar-refractivity contribution in [2.45, 2.75) is 50.7 Å². The van der Waals surface area contributed by atoms with Crippen molar-refractivity contribution in [3.8, 4) is 5.75 Å². The van der Waals surface area contributed by atoms with E-state index in [1.54, 1.807) is 63.5 Å². The number of rotatable bonds is 11. The molecule has 0 spiro atoms. The lowest BCUT2D eigenvalue weighted by atomic mass is 10.1. The highest BCUT2D eigenvalue weighted by molar-refractivity contribution is 7.92. The number of aromatic nitrogens is 3. The number of nitrogens with zero attached hydrogens (tertiary/aromatic N) is 4. The van der Waals surface area contributed by atoms with Gasteiger partial charge in [-0.25, -0.2) is 12.7 Å². The molecule has 2 heterocycles. The maximum atomic E-state index is 14.0. The highest BCUT2D eigenvalue weighted by atomic mass is 32.2. The molecule has 192 valence electrons. The number of sulfonamides is 1. The zero-order valence-corrected chi connectivity index (χ0v) is 21.7. The first-order valence-corrected chi connectivity index (χ1v) is 12.9. The minimum atomic E-state index is -4.04. The third kappa shape index (κ3) is 5.92. The maximum absolute atomic E-state index is 14.0. The third-order valence-electron chi connectivity index (χ3n) is 5.80. The molecule has 2 aromatic heterocycles. The van der Waals surface area contributed by atoms with E-state index in [1.165, 1.54) is 10.5 Å². The lowest BCUT2D eigenvalue weighted by Gasteiger charge is -2.34. The second kappa shape index (κ2) is 11.4. The monoisotopic (exact) mass is 511 g/mol. The maximum Gasteiger partial charge on any atom is 0.265 e. The highest BCUT2D eigenvalue weighted by Gasteiger charge is 2.35. The molecule has 0 aliphatic rings. The second-order valence-electron chi connectivity index (χ2n) is 8.54. The van der Waals surface area contributed by atoms with E-state index in [0.29, 0.717) is 24.3 Å². The summed E-state index contributed by atoms with van der Waals surface area (Å²) in [5.74, 6) is 0.922. The quantitative estimate of drug-likeness (QED) is 0.285. The van der Waals surface area contributed by atoms with Gasteiger partial charge in [0, 0.05) is 31.4 Å². The Balaban J connectivity index is 2.13. The largest absolute Gasteiger partial charge is 0.506 e. The zero-order valence-electron chi connectivity index (χ0n) is 20.9. The predicted octanol–water partition coefficient (Wildman–Crippen LogP) is 3.34. The molecular weight excluding hydrogens is 478 g/mol. The molecule has 0 fully saturated rings. The average Bonchev–Trinajstić information content (AvgIpc) is 2.84. The predicted molar refractivity (Wildman–Crippen MR) is 143 cm³/mol. The van der Waals surface area contributed by atoms with E-state index in [-0.39, 0.29) is 22.4 Å². The molecule has 10 nitrogen and oxygen atoms in total. The van der Waals surface area contributed by atoms with E-state index >= 15 is 0 Å². The summed E-state index contributed by atoms with van der Waals surface area (Å²) >= 11 is 0. The molecule has 3 rings (SSSR count). The summed E-state index contributed by atoms with van der Waals surface area (Å²) in [4.78, 5) is 13.2. The fourth-order valence-electron chi connectivity index (χ4n) is 3.67. The van der Waals surface area contributed by atoms with Crippen LogP contribution in [0.1, 0.15) is 30.0 Å². The van der Waals surface area contributed by atoms with Gasteiger partial charge >= 0.3 is 0 Å². The summed E-state index contributed by atoms with van der Waals surface area (Å²) in [6.07, 6.45) is 5.05. The smallest absolute Gasteiger partial charge is 0.265 e. The van der Waals surface area contributed by atoms with Crippen molar-refractivity contribution < 1.29 is 13.5 Å². The standard InChI is InChI=1S/C25H33N7O3S/c1-6-7-22(26)18(4)32(36(34,35)21-10-8-16(2)9-11-21)24-17(3)23(30-25(27-5)31-24)29-14-19-12-20(33)15-28-13-19/h6,8-13,15,18,22,33H,1,7,14,26H2,2-5H3,(H2,27,29,30,31). The molecule has 0 bridgehead atoms. The van der Waals surface area contributed by atoms with Crippen molar-refractivity contribution in [2.75, 3.05) is 22.0 Å². The molecule has 11 heteroatoms. The summed E-state index contributed by atoms with van der Waals surface area (Å²) in [7, 11) is -2.38. The number of aryl methyl sites for hydroxylation is 1. The molecule has 1 aromatic carbocycles. The summed E-state index contributed by atoms with van der Waals surface area (Å²) in [5, 5.41) is 15.8. The molecule has 0 saturated carbocycles. The number of aromatic hydroxyl groups is 1. The molecular formula is C25H33N7O3S. The van der Waals surface area contributed by atoms with Crippen LogP contribution >= 0.6 is 0 Å². The highest BCUT2D eigenvalue weighted by Crippen LogP contribution is 2.33. The van der Waals surface area contributed by atoms with E-state index in [0.717, 1.165) is 11.1 Å². The summed E-state index contributed by atoms with van der Waals surface area (Å²) in [6, 6.07) is 7.07. The Bertz CT molecular complexity index is 1310. The van der Waals surface area contributed by atoms with Gasteiger partial charge in [0.1, 0.15) is 11.6 Å². The first-order chi connectivity index (χ1) is 17.1. The second-order valence-corrected chi connectivity index (χ2v) is 10.4. The van der Waals surface area contributed by atoms with E-state index in [4.69, 9.17) is 5.73 Å². The molecule has 5 N–H and O–H groups in total. The number of nitrogens with one attached hydrogen (secondary N) is 2. The van der Waals surface area contributed by atoms with Gasteiger partial charge in [0.25, 0.3) is 10.0 Å². The SMILES string of the molecule is C=CCC(N)C(C)N(c1nc(NC)nc(NCc2cncc(O)c2)c1C)S(=O)(=O)c1ccc(C)cc1. The summed E-state index contributed by atoms with van der Waals surface area (Å²) in [5.41, 5.74) is 8.59. The molecule has 2 atom stereocenters. The van der Waals surface area contributed by atoms with Crippen LogP contribution in [0.25, 0.3) is 0 Å². The molecule has 0 saturated heterocycles. The van der Waals surface area contributed by atoms with Gasteiger partial charge < -0.3 is 21.5 Å². The Morgan fingerprint density at radius 2 is 1.89 bits per heavy atom. The van der Waals surface area contributed by atoms with Crippen LogP contribution in [0.3, 0.4) is 0 Å². The Kier molecular flexibility index (Phi) is 8.49. The summed E-state index contributed by atoms with van der Waals surface area (Å²) < 4.78 is 29.2. The molecule has 0 aliphatic heterocycles. The summed E-state index contributed by atoms with van der Waals surface area (Å²) in [6.45, 7) is 9.45. The first-order valence-electron chi connectivity index (χ1n) is 11.5. The molecule has 36 heavy (non-hydrogen) atoms. The fraction of sp³-hybridized carbons (Fsp3) is 0.320. The minimum Gasteiger partial charge on any atom is -0.506 e. The average molecular weight is 512 g/mol. The number of anilines is 3. The third-order valence-corrected chi connectivity index (χ3v) is 7.69. The number of hydrogen-bond donors (Lipinski definition) is 4. The van der Waals surface area contributed by atoms with Gasteiger partial charge in [-0.1, -0.05) is 23.8 Å². The van der Waals surface area contributed by atoms with Crippen LogP contribution in [0.4, 0.5) is 17.6 Å². The number of nitrogens with two attached hydrogens (primary N) is 1. The van der Waals surface area contributed by atoms with Crippen LogP contribution in [-0.2, 0) is 16.6 Å². The Morgan fingerprint density at radius 1 is 1.19 bits per heavy atom. The number of hydrogen-bond acceptors (Lipinski definition) is 9. The van der Waals surface area contributed by atoms with Crippen LogP contribution in [0, 0.1) is 13.8 Å². The Labute approximate surface area is 212 Å². The van der Waals surface area contributed by atoms with Crippen molar-refractivity contribution in [1.82, 2.24) is 15.0 Å². The van der Waals surface area contributed by atoms with Gasteiger partial charge in [-0.2, -0.15) is 9.97 Å². The Morgan fingerprint density at radius 3 is 2.50 bits per heavy atom. The van der Waals surface area contributed by atoms with Gasteiger partial charge in [0.2, 0.25) is 5.95 Å². The molecule has 0 aliphatic carbocycles. The van der Waals surface area contributed by atoms with Gasteiger partial charge in [0.05, 0.1) is 17.1 Å².